The molecular weight excluding hydrogens is 289 g/mol. The maximum Gasteiger partial charge on any atom is 0.272 e. The number of hydrogen-bond acceptors (Lipinski definition) is 4. The fraction of sp³-hybridized carbons (Fsp3) is 0.133. The van der Waals surface area contributed by atoms with Crippen LogP contribution in [-0.4, -0.2) is 17.9 Å². The average molecular weight is 301 g/mol. The van der Waals surface area contributed by atoms with Crippen molar-refractivity contribution in [1.82, 2.24) is 0 Å². The minimum Gasteiger partial charge on any atom is -0.353 e. The van der Waals surface area contributed by atoms with Crippen LogP contribution in [0.4, 0.5) is 27.1 Å². The molecule has 0 spiro atoms. The van der Waals surface area contributed by atoms with E-state index in [9.17, 15) is 19.3 Å². The molecule has 2 aromatic rings. The summed E-state index contributed by atoms with van der Waals surface area (Å²) in [7, 11) is 1.71. The monoisotopic (exact) mass is 301 g/mol. The van der Waals surface area contributed by atoms with E-state index in [0.29, 0.717) is 12.1 Å². The molecule has 7 heteroatoms. The Morgan fingerprint density at radius 3 is 2.73 bits per heavy atom. The first-order chi connectivity index (χ1) is 10.5. The Bertz CT molecular complexity index is 792. The van der Waals surface area contributed by atoms with Crippen molar-refractivity contribution in [2.24, 2.45) is 0 Å². The topological polar surface area (TPSA) is 75.5 Å². The molecule has 1 aliphatic rings. The molecule has 0 radical (unpaired) electrons. The van der Waals surface area contributed by atoms with Crippen LogP contribution in [0, 0.1) is 15.9 Å². The summed E-state index contributed by atoms with van der Waals surface area (Å²) in [6.07, 6.45) is 0.310. The molecule has 22 heavy (non-hydrogen) atoms. The van der Waals surface area contributed by atoms with Crippen LogP contribution in [-0.2, 0) is 11.2 Å². The SMILES string of the molecule is CN1C(=O)Cc2cc(Nc3ccc([N+](=O)[O-])cc3F)ccc21. The van der Waals surface area contributed by atoms with Gasteiger partial charge in [-0.15, -0.1) is 0 Å². The Balaban J connectivity index is 1.87. The predicted molar refractivity (Wildman–Crippen MR) is 79.9 cm³/mol. The van der Waals surface area contributed by atoms with Crippen LogP contribution in [0.15, 0.2) is 36.4 Å². The molecule has 0 aliphatic carbocycles. The van der Waals surface area contributed by atoms with Crippen molar-refractivity contribution < 1.29 is 14.1 Å². The fourth-order valence-electron chi connectivity index (χ4n) is 2.42. The van der Waals surface area contributed by atoms with E-state index in [1.807, 2.05) is 0 Å². The molecule has 0 unspecified atom stereocenters. The number of benzene rings is 2. The molecular formula is C15H12FN3O3. The maximum atomic E-state index is 13.9. The van der Waals surface area contributed by atoms with Gasteiger partial charge in [0.1, 0.15) is 0 Å². The van der Waals surface area contributed by atoms with Gasteiger partial charge in [-0.05, 0) is 29.8 Å². The number of rotatable bonds is 3. The number of halogens is 1. The molecule has 6 nitrogen and oxygen atoms in total. The van der Waals surface area contributed by atoms with Crippen LogP contribution >= 0.6 is 0 Å². The molecule has 2 aromatic carbocycles. The smallest absolute Gasteiger partial charge is 0.272 e. The number of nitro groups is 1. The number of fused-ring (bicyclic) bond motifs is 1. The number of carbonyl (C=O) groups is 1. The van der Waals surface area contributed by atoms with Gasteiger partial charge in [-0.3, -0.25) is 14.9 Å². The zero-order chi connectivity index (χ0) is 15.9. The standard InChI is InChI=1S/C15H12FN3O3/c1-18-14-5-2-10(6-9(14)7-15(18)20)17-13-4-3-11(19(21)22)8-12(13)16/h2-6,8,17H,7H2,1H3. The van der Waals surface area contributed by atoms with Crippen molar-refractivity contribution in [1.29, 1.82) is 0 Å². The zero-order valence-corrected chi connectivity index (χ0v) is 11.7. The number of hydrogen-bond donors (Lipinski definition) is 1. The second-order valence-corrected chi connectivity index (χ2v) is 5.02. The highest BCUT2D eigenvalue weighted by Crippen LogP contribution is 2.32. The van der Waals surface area contributed by atoms with E-state index in [1.54, 1.807) is 30.1 Å². The van der Waals surface area contributed by atoms with Crippen LogP contribution in [0.1, 0.15) is 5.56 Å². The number of amides is 1. The number of non-ortho nitro benzene ring substituents is 1. The lowest BCUT2D eigenvalue weighted by Gasteiger charge is -2.12. The van der Waals surface area contributed by atoms with E-state index in [2.05, 4.69) is 5.32 Å². The van der Waals surface area contributed by atoms with Gasteiger partial charge >= 0.3 is 0 Å². The highest BCUT2D eigenvalue weighted by atomic mass is 19.1. The van der Waals surface area contributed by atoms with Crippen LogP contribution < -0.4 is 10.2 Å². The molecule has 0 aromatic heterocycles. The third-order valence-corrected chi connectivity index (χ3v) is 3.60. The van der Waals surface area contributed by atoms with Crippen LogP contribution in [0.2, 0.25) is 0 Å². The number of nitrogens with zero attached hydrogens (tertiary/aromatic N) is 2. The van der Waals surface area contributed by atoms with E-state index in [4.69, 9.17) is 0 Å². The largest absolute Gasteiger partial charge is 0.353 e. The van der Waals surface area contributed by atoms with E-state index >= 15 is 0 Å². The summed E-state index contributed by atoms with van der Waals surface area (Å²) in [4.78, 5) is 23.2. The Morgan fingerprint density at radius 1 is 1.27 bits per heavy atom. The normalized spacial score (nSPS) is 13.2. The highest BCUT2D eigenvalue weighted by molar-refractivity contribution is 6.01. The van der Waals surface area contributed by atoms with Gasteiger partial charge in [0.15, 0.2) is 5.82 Å². The van der Waals surface area contributed by atoms with Crippen LogP contribution in [0.3, 0.4) is 0 Å². The first-order valence-corrected chi connectivity index (χ1v) is 6.56. The third kappa shape index (κ3) is 2.37. The summed E-state index contributed by atoms with van der Waals surface area (Å²) in [5.74, 6) is -0.698. The molecule has 3 rings (SSSR count). The first-order valence-electron chi connectivity index (χ1n) is 6.56. The van der Waals surface area contributed by atoms with Crippen molar-refractivity contribution in [3.05, 3.63) is 57.9 Å². The van der Waals surface area contributed by atoms with Gasteiger partial charge in [0.2, 0.25) is 5.91 Å². The molecule has 0 saturated heterocycles. The third-order valence-electron chi connectivity index (χ3n) is 3.60. The Morgan fingerprint density at radius 2 is 2.05 bits per heavy atom. The molecule has 0 atom stereocenters. The predicted octanol–water partition coefficient (Wildman–Crippen LogP) is 3.00. The molecule has 1 N–H and O–H groups in total. The van der Waals surface area contributed by atoms with E-state index < -0.39 is 10.7 Å². The molecule has 1 aliphatic heterocycles. The van der Waals surface area contributed by atoms with Crippen molar-refractivity contribution in [2.75, 3.05) is 17.3 Å². The first kappa shape index (κ1) is 14.0. The van der Waals surface area contributed by atoms with Crippen molar-refractivity contribution in [2.45, 2.75) is 6.42 Å². The molecule has 0 fully saturated rings. The number of anilines is 3. The average Bonchev–Trinajstić information content (AvgIpc) is 2.75. The van der Waals surface area contributed by atoms with Gasteiger partial charge in [-0.1, -0.05) is 0 Å². The lowest BCUT2D eigenvalue weighted by Crippen LogP contribution is -2.20. The quantitative estimate of drug-likeness (QED) is 0.698. The van der Waals surface area contributed by atoms with Gasteiger partial charge in [0.05, 0.1) is 23.1 Å². The maximum absolute atomic E-state index is 13.9. The lowest BCUT2D eigenvalue weighted by molar-refractivity contribution is -0.385. The molecule has 112 valence electrons. The van der Waals surface area contributed by atoms with Crippen molar-refractivity contribution in [3.8, 4) is 0 Å². The van der Waals surface area contributed by atoms with Crippen LogP contribution in [0.5, 0.6) is 0 Å². The Hall–Kier alpha value is -2.96. The number of likely N-dealkylation sites (N-methyl/N-ethyl adjacent to an activating group) is 1. The van der Waals surface area contributed by atoms with Gasteiger partial charge < -0.3 is 10.2 Å². The second kappa shape index (κ2) is 5.10. The van der Waals surface area contributed by atoms with Gasteiger partial charge in [-0.25, -0.2) is 4.39 Å². The summed E-state index contributed by atoms with van der Waals surface area (Å²) >= 11 is 0. The number of nitrogens with one attached hydrogen (secondary N) is 1. The van der Waals surface area contributed by atoms with Crippen molar-refractivity contribution in [3.63, 3.8) is 0 Å². The molecule has 0 saturated carbocycles. The summed E-state index contributed by atoms with van der Waals surface area (Å²) in [5, 5.41) is 13.5. The molecule has 1 amide bonds. The Labute approximate surface area is 125 Å². The van der Waals surface area contributed by atoms with Crippen molar-refractivity contribution >= 4 is 28.7 Å². The minimum absolute atomic E-state index is 0.00802. The van der Waals surface area contributed by atoms with Gasteiger partial charge in [0, 0.05) is 24.5 Å². The zero-order valence-electron chi connectivity index (χ0n) is 11.7. The summed E-state index contributed by atoms with van der Waals surface area (Å²) < 4.78 is 13.9. The lowest BCUT2D eigenvalue weighted by atomic mass is 10.1. The summed E-state index contributed by atoms with van der Waals surface area (Å²) in [6.45, 7) is 0. The molecule has 1 heterocycles. The summed E-state index contributed by atoms with van der Waals surface area (Å²) in [6, 6.07) is 8.71. The minimum atomic E-state index is -0.706. The van der Waals surface area contributed by atoms with E-state index in [-0.39, 0.29) is 17.3 Å². The second-order valence-electron chi connectivity index (χ2n) is 5.02. The van der Waals surface area contributed by atoms with E-state index in [0.717, 1.165) is 17.3 Å². The number of nitro benzene ring substituents is 1. The fourth-order valence-corrected chi connectivity index (χ4v) is 2.42. The van der Waals surface area contributed by atoms with Gasteiger partial charge in [0.25, 0.3) is 5.69 Å². The number of carbonyl (C=O) groups excluding carboxylic acids is 1. The summed E-state index contributed by atoms with van der Waals surface area (Å²) in [5.41, 5.74) is 2.15. The Kier molecular flexibility index (Phi) is 3.25. The van der Waals surface area contributed by atoms with Crippen LogP contribution in [0.25, 0.3) is 0 Å². The highest BCUT2D eigenvalue weighted by Gasteiger charge is 2.24. The van der Waals surface area contributed by atoms with E-state index in [1.165, 1.54) is 12.1 Å². The van der Waals surface area contributed by atoms with Gasteiger partial charge in [-0.2, -0.15) is 0 Å². The molecule has 0 bridgehead atoms.